The second-order valence-electron chi connectivity index (χ2n) is 7.35. The van der Waals surface area contributed by atoms with Crippen molar-refractivity contribution in [2.75, 3.05) is 7.11 Å². The predicted octanol–water partition coefficient (Wildman–Crippen LogP) is 4.15. The highest BCUT2D eigenvalue weighted by Gasteiger charge is 2.28. The fourth-order valence-corrected chi connectivity index (χ4v) is 3.35. The molecule has 5 nitrogen and oxygen atoms in total. The largest absolute Gasteiger partial charge is 0.497 e. The van der Waals surface area contributed by atoms with E-state index in [4.69, 9.17) is 9.84 Å². The van der Waals surface area contributed by atoms with Crippen LogP contribution in [0.1, 0.15) is 42.1 Å². The van der Waals surface area contributed by atoms with E-state index < -0.39 is 0 Å². The smallest absolute Gasteiger partial charge is 0.220 e. The fraction of sp³-hybridized carbons (Fsp3) is 0.304. The Balaban J connectivity index is 1.39. The number of carbonyl (C=O) groups excluding carboxylic acids is 1. The maximum atomic E-state index is 13.2. The number of benzene rings is 2. The first kappa shape index (κ1) is 19.2. The second kappa shape index (κ2) is 8.47. The minimum Gasteiger partial charge on any atom is -0.497 e. The number of rotatable bonds is 8. The van der Waals surface area contributed by atoms with Crippen molar-refractivity contribution in [3.8, 4) is 11.4 Å². The van der Waals surface area contributed by atoms with Crippen LogP contribution in [0.4, 0.5) is 4.39 Å². The first-order chi connectivity index (χ1) is 14.1. The molecule has 4 rings (SSSR count). The number of ether oxygens (including phenoxy) is 1. The quantitative estimate of drug-likeness (QED) is 0.626. The number of nitrogens with one attached hydrogen (secondary N) is 1. The third kappa shape index (κ3) is 4.83. The minimum atomic E-state index is -0.298. The van der Waals surface area contributed by atoms with Gasteiger partial charge in [0.2, 0.25) is 5.91 Å². The van der Waals surface area contributed by atoms with Crippen LogP contribution in [0.15, 0.2) is 54.6 Å². The summed E-state index contributed by atoms with van der Waals surface area (Å²) in [5.74, 6) is 0.985. The average molecular weight is 393 g/mol. The molecule has 0 saturated heterocycles. The molecule has 1 fully saturated rings. The average Bonchev–Trinajstić information content (AvgIpc) is 3.50. The van der Waals surface area contributed by atoms with Crippen LogP contribution in [-0.4, -0.2) is 22.8 Å². The molecule has 1 aliphatic carbocycles. The van der Waals surface area contributed by atoms with Gasteiger partial charge in [0.15, 0.2) is 0 Å². The summed E-state index contributed by atoms with van der Waals surface area (Å²) < 4.78 is 20.4. The summed E-state index contributed by atoms with van der Waals surface area (Å²) in [6.07, 6.45) is 3.27. The van der Waals surface area contributed by atoms with Crippen LogP contribution in [0.5, 0.6) is 5.75 Å². The second-order valence-corrected chi connectivity index (χ2v) is 7.35. The molecule has 1 N–H and O–H groups in total. The number of carbonyl (C=O) groups is 1. The third-order valence-electron chi connectivity index (χ3n) is 5.09. The van der Waals surface area contributed by atoms with E-state index in [9.17, 15) is 9.18 Å². The van der Waals surface area contributed by atoms with Crippen LogP contribution < -0.4 is 10.1 Å². The van der Waals surface area contributed by atoms with Gasteiger partial charge in [0, 0.05) is 31.0 Å². The molecule has 0 aliphatic heterocycles. The van der Waals surface area contributed by atoms with Gasteiger partial charge in [-0.3, -0.25) is 4.79 Å². The van der Waals surface area contributed by atoms with E-state index in [1.165, 1.54) is 30.7 Å². The Hall–Kier alpha value is -3.15. The Morgan fingerprint density at radius 1 is 1.21 bits per heavy atom. The number of hydrogen-bond donors (Lipinski definition) is 1. The molecule has 1 aliphatic rings. The first-order valence-corrected chi connectivity index (χ1v) is 9.87. The van der Waals surface area contributed by atoms with Crippen LogP contribution >= 0.6 is 0 Å². The molecular formula is C23H24FN3O2. The van der Waals surface area contributed by atoms with Gasteiger partial charge in [-0.2, -0.15) is 5.10 Å². The molecule has 2 aromatic carbocycles. The first-order valence-electron chi connectivity index (χ1n) is 9.87. The van der Waals surface area contributed by atoms with E-state index >= 15 is 0 Å². The molecule has 0 unspecified atom stereocenters. The van der Waals surface area contributed by atoms with E-state index in [0.29, 0.717) is 25.3 Å². The number of methoxy groups -OCH3 is 1. The highest BCUT2D eigenvalue weighted by molar-refractivity contribution is 5.76. The van der Waals surface area contributed by atoms with Crippen LogP contribution in [0.25, 0.3) is 5.69 Å². The Labute approximate surface area is 169 Å². The number of aryl methyl sites for hydroxylation is 1. The molecule has 0 bridgehead atoms. The van der Waals surface area contributed by atoms with Gasteiger partial charge in [-0.05, 0) is 60.9 Å². The van der Waals surface area contributed by atoms with E-state index in [1.54, 1.807) is 19.2 Å². The molecule has 0 spiro atoms. The highest BCUT2D eigenvalue weighted by Crippen LogP contribution is 2.41. The molecule has 1 aromatic heterocycles. The van der Waals surface area contributed by atoms with Crippen molar-refractivity contribution >= 4 is 5.91 Å². The van der Waals surface area contributed by atoms with Gasteiger partial charge in [-0.25, -0.2) is 9.07 Å². The monoisotopic (exact) mass is 393 g/mol. The lowest BCUT2D eigenvalue weighted by atomic mass is 10.2. The summed E-state index contributed by atoms with van der Waals surface area (Å²) >= 11 is 0. The van der Waals surface area contributed by atoms with Crippen LogP contribution in [-0.2, 0) is 17.8 Å². The van der Waals surface area contributed by atoms with Gasteiger partial charge in [0.05, 0.1) is 18.5 Å². The fourth-order valence-electron chi connectivity index (χ4n) is 3.35. The van der Waals surface area contributed by atoms with Gasteiger partial charge in [0.25, 0.3) is 0 Å². The van der Waals surface area contributed by atoms with E-state index in [0.717, 1.165) is 22.7 Å². The molecule has 29 heavy (non-hydrogen) atoms. The number of aromatic nitrogens is 2. The molecule has 1 amide bonds. The van der Waals surface area contributed by atoms with Gasteiger partial charge in [-0.1, -0.05) is 12.1 Å². The Morgan fingerprint density at radius 3 is 2.69 bits per heavy atom. The summed E-state index contributed by atoms with van der Waals surface area (Å²) in [7, 11) is 1.65. The number of halogens is 1. The maximum Gasteiger partial charge on any atom is 0.220 e. The molecule has 0 atom stereocenters. The molecule has 3 aromatic rings. The Bertz CT molecular complexity index is 994. The summed E-state index contributed by atoms with van der Waals surface area (Å²) in [4.78, 5) is 12.2. The van der Waals surface area contributed by atoms with Crippen molar-refractivity contribution < 1.29 is 13.9 Å². The molecule has 1 heterocycles. The lowest BCUT2D eigenvalue weighted by Crippen LogP contribution is -2.23. The van der Waals surface area contributed by atoms with Gasteiger partial charge >= 0.3 is 0 Å². The molecule has 150 valence electrons. The number of amides is 1. The summed E-state index contributed by atoms with van der Waals surface area (Å²) in [6.45, 7) is 0.324. The van der Waals surface area contributed by atoms with Crippen molar-refractivity contribution in [2.45, 2.75) is 38.1 Å². The summed E-state index contributed by atoms with van der Waals surface area (Å²) in [5, 5.41) is 7.59. The van der Waals surface area contributed by atoms with Crippen molar-refractivity contribution in [2.24, 2.45) is 0 Å². The Kier molecular flexibility index (Phi) is 5.60. The Morgan fingerprint density at radius 2 is 2.00 bits per heavy atom. The van der Waals surface area contributed by atoms with Crippen molar-refractivity contribution in [3.63, 3.8) is 0 Å². The van der Waals surface area contributed by atoms with E-state index in [1.807, 2.05) is 28.9 Å². The minimum absolute atomic E-state index is 0.0683. The lowest BCUT2D eigenvalue weighted by molar-refractivity contribution is -0.121. The zero-order chi connectivity index (χ0) is 20.2. The lowest BCUT2D eigenvalue weighted by Gasteiger charge is -2.07. The van der Waals surface area contributed by atoms with Crippen molar-refractivity contribution in [1.82, 2.24) is 15.1 Å². The highest BCUT2D eigenvalue weighted by atomic mass is 19.1. The number of nitrogens with zero attached hydrogens (tertiary/aromatic N) is 2. The SMILES string of the molecule is COc1ccc(-n2nc(CCC(=O)NCc3cccc(F)c3)cc2C2CC2)cc1. The molecule has 6 heteroatoms. The van der Waals surface area contributed by atoms with Crippen LogP contribution in [0, 0.1) is 5.82 Å². The van der Waals surface area contributed by atoms with E-state index in [2.05, 4.69) is 11.4 Å². The standard InChI is InChI=1S/C23H24FN3O2/c1-29-21-10-8-20(9-11-21)27-22(17-5-6-17)14-19(26-27)7-12-23(28)25-15-16-3-2-4-18(24)13-16/h2-4,8-11,13-14,17H,5-7,12,15H2,1H3,(H,25,28). The predicted molar refractivity (Wildman–Crippen MR) is 109 cm³/mol. The van der Waals surface area contributed by atoms with Crippen molar-refractivity contribution in [3.05, 3.63) is 77.4 Å². The van der Waals surface area contributed by atoms with Crippen LogP contribution in [0.3, 0.4) is 0 Å². The summed E-state index contributed by atoms with van der Waals surface area (Å²) in [6, 6.07) is 16.2. The van der Waals surface area contributed by atoms with Crippen LogP contribution in [0.2, 0.25) is 0 Å². The maximum absolute atomic E-state index is 13.2. The van der Waals surface area contributed by atoms with Crippen molar-refractivity contribution in [1.29, 1.82) is 0 Å². The summed E-state index contributed by atoms with van der Waals surface area (Å²) in [5.41, 5.74) is 3.85. The molecule has 1 saturated carbocycles. The molecular weight excluding hydrogens is 369 g/mol. The zero-order valence-electron chi connectivity index (χ0n) is 16.4. The van der Waals surface area contributed by atoms with Gasteiger partial charge in [-0.15, -0.1) is 0 Å². The zero-order valence-corrected chi connectivity index (χ0v) is 16.4. The van der Waals surface area contributed by atoms with Gasteiger partial charge in [0.1, 0.15) is 11.6 Å². The third-order valence-corrected chi connectivity index (χ3v) is 5.09. The normalized spacial score (nSPS) is 13.3. The number of hydrogen-bond acceptors (Lipinski definition) is 3. The molecule has 0 radical (unpaired) electrons. The van der Waals surface area contributed by atoms with E-state index in [-0.39, 0.29) is 11.7 Å². The topological polar surface area (TPSA) is 56.2 Å². The van der Waals surface area contributed by atoms with Gasteiger partial charge < -0.3 is 10.1 Å².